The van der Waals surface area contributed by atoms with E-state index in [1.54, 1.807) is 6.07 Å². The molecule has 2 N–H and O–H groups in total. The fourth-order valence-corrected chi connectivity index (χ4v) is 2.37. The molecule has 2 nitrogen and oxygen atoms in total. The first-order valence-corrected chi connectivity index (χ1v) is 6.78. The molecule has 0 aliphatic carbocycles. The number of phenols is 1. The monoisotopic (exact) mass is 273 g/mol. The Labute approximate surface area is 119 Å². The van der Waals surface area contributed by atoms with Gasteiger partial charge in [-0.2, -0.15) is 0 Å². The second kappa shape index (κ2) is 6.06. The number of phenolic OH excluding ortho intramolecular Hbond substituents is 1. The van der Waals surface area contributed by atoms with Gasteiger partial charge in [-0.1, -0.05) is 35.9 Å². The van der Waals surface area contributed by atoms with Gasteiger partial charge < -0.3 is 10.4 Å². The second-order valence-electron chi connectivity index (χ2n) is 5.23. The van der Waals surface area contributed by atoms with Crippen molar-refractivity contribution in [2.45, 2.75) is 32.9 Å². The van der Waals surface area contributed by atoms with Crippen LogP contribution in [-0.4, -0.2) is 5.11 Å². The molecule has 0 saturated heterocycles. The summed E-state index contributed by atoms with van der Waals surface area (Å²) in [6.45, 7) is 6.03. The summed E-state index contributed by atoms with van der Waals surface area (Å²) in [6.07, 6.45) is 0. The number of nitrogens with one attached hydrogen (secondary N) is 1. The van der Waals surface area contributed by atoms with Gasteiger partial charge in [0.05, 0.1) is 0 Å². The van der Waals surface area contributed by atoms with Crippen LogP contribution in [0.2, 0.25) is 0 Å². The zero-order valence-electron chi connectivity index (χ0n) is 12.0. The van der Waals surface area contributed by atoms with Gasteiger partial charge in [-0.05, 0) is 32.4 Å². The maximum absolute atomic E-state index is 13.8. The fourth-order valence-electron chi connectivity index (χ4n) is 2.37. The molecule has 0 aliphatic heterocycles. The van der Waals surface area contributed by atoms with Gasteiger partial charge in [-0.3, -0.25) is 0 Å². The van der Waals surface area contributed by atoms with Crippen molar-refractivity contribution in [2.24, 2.45) is 0 Å². The number of benzene rings is 2. The van der Waals surface area contributed by atoms with Gasteiger partial charge in [-0.25, -0.2) is 4.39 Å². The Morgan fingerprint density at radius 3 is 2.45 bits per heavy atom. The Morgan fingerprint density at radius 2 is 1.80 bits per heavy atom. The van der Waals surface area contributed by atoms with Gasteiger partial charge in [0.1, 0.15) is 11.6 Å². The van der Waals surface area contributed by atoms with E-state index in [9.17, 15) is 9.50 Å². The first kappa shape index (κ1) is 14.5. The van der Waals surface area contributed by atoms with Crippen molar-refractivity contribution in [1.29, 1.82) is 0 Å². The SMILES string of the molecule is Cc1cccc([C@H](C)NC(C)c2ccc(O)cc2F)c1. The molecule has 0 bridgehead atoms. The summed E-state index contributed by atoms with van der Waals surface area (Å²) in [6, 6.07) is 12.5. The molecule has 1 unspecified atom stereocenters. The molecule has 2 rings (SSSR count). The molecule has 0 radical (unpaired) electrons. The van der Waals surface area contributed by atoms with Crippen LogP contribution in [0.3, 0.4) is 0 Å². The van der Waals surface area contributed by atoms with Crippen molar-refractivity contribution in [3.05, 3.63) is 65.0 Å². The summed E-state index contributed by atoms with van der Waals surface area (Å²) in [4.78, 5) is 0. The minimum atomic E-state index is -0.388. The number of hydrogen-bond acceptors (Lipinski definition) is 2. The Kier molecular flexibility index (Phi) is 4.40. The van der Waals surface area contributed by atoms with E-state index in [1.165, 1.54) is 17.2 Å². The molecule has 0 amide bonds. The minimum absolute atomic E-state index is 0.0508. The number of rotatable bonds is 4. The predicted molar refractivity (Wildman–Crippen MR) is 79.2 cm³/mol. The van der Waals surface area contributed by atoms with Gasteiger partial charge in [0.25, 0.3) is 0 Å². The number of aryl methyl sites for hydroxylation is 1. The smallest absolute Gasteiger partial charge is 0.131 e. The Hall–Kier alpha value is -1.87. The summed E-state index contributed by atoms with van der Waals surface area (Å²) in [7, 11) is 0. The van der Waals surface area contributed by atoms with Crippen LogP contribution in [0.4, 0.5) is 4.39 Å². The van der Waals surface area contributed by atoms with Crippen LogP contribution < -0.4 is 5.32 Å². The lowest BCUT2D eigenvalue weighted by molar-refractivity contribution is 0.454. The average molecular weight is 273 g/mol. The average Bonchev–Trinajstić information content (AvgIpc) is 2.38. The molecular weight excluding hydrogens is 253 g/mol. The lowest BCUT2D eigenvalue weighted by Crippen LogP contribution is -2.23. The Morgan fingerprint density at radius 1 is 1.05 bits per heavy atom. The Bertz CT molecular complexity index is 597. The summed E-state index contributed by atoms with van der Waals surface area (Å²) in [5, 5.41) is 12.6. The third-order valence-electron chi connectivity index (χ3n) is 3.49. The van der Waals surface area contributed by atoms with Crippen molar-refractivity contribution in [3.8, 4) is 5.75 Å². The van der Waals surface area contributed by atoms with E-state index in [1.807, 2.05) is 13.0 Å². The zero-order chi connectivity index (χ0) is 14.7. The van der Waals surface area contributed by atoms with Crippen LogP contribution in [0.15, 0.2) is 42.5 Å². The molecule has 0 heterocycles. The zero-order valence-corrected chi connectivity index (χ0v) is 12.0. The van der Waals surface area contributed by atoms with Crippen molar-refractivity contribution in [3.63, 3.8) is 0 Å². The Balaban J connectivity index is 2.12. The first-order chi connectivity index (χ1) is 9.47. The molecule has 0 aliphatic rings. The topological polar surface area (TPSA) is 32.3 Å². The molecule has 0 spiro atoms. The number of aromatic hydroxyl groups is 1. The van der Waals surface area contributed by atoms with Gasteiger partial charge in [0.2, 0.25) is 0 Å². The highest BCUT2D eigenvalue weighted by atomic mass is 19.1. The van der Waals surface area contributed by atoms with Crippen LogP contribution in [0.5, 0.6) is 5.75 Å². The molecule has 106 valence electrons. The first-order valence-electron chi connectivity index (χ1n) is 6.78. The quantitative estimate of drug-likeness (QED) is 0.872. The van der Waals surface area contributed by atoms with Crippen molar-refractivity contribution in [2.75, 3.05) is 0 Å². The fraction of sp³-hybridized carbons (Fsp3) is 0.294. The van der Waals surface area contributed by atoms with Crippen LogP contribution in [0.1, 0.15) is 42.6 Å². The minimum Gasteiger partial charge on any atom is -0.508 e. The molecular formula is C17H20FNO. The van der Waals surface area contributed by atoms with E-state index in [0.717, 1.165) is 6.07 Å². The van der Waals surface area contributed by atoms with E-state index < -0.39 is 0 Å². The highest BCUT2D eigenvalue weighted by molar-refractivity contribution is 5.30. The lowest BCUT2D eigenvalue weighted by atomic mass is 10.0. The van der Waals surface area contributed by atoms with Crippen molar-refractivity contribution < 1.29 is 9.50 Å². The number of halogens is 1. The van der Waals surface area contributed by atoms with Crippen LogP contribution in [-0.2, 0) is 0 Å². The van der Waals surface area contributed by atoms with E-state index in [-0.39, 0.29) is 23.7 Å². The van der Waals surface area contributed by atoms with E-state index in [4.69, 9.17) is 0 Å². The van der Waals surface area contributed by atoms with Gasteiger partial charge in [0, 0.05) is 23.7 Å². The summed E-state index contributed by atoms with van der Waals surface area (Å²) >= 11 is 0. The van der Waals surface area contributed by atoms with Crippen LogP contribution >= 0.6 is 0 Å². The van der Waals surface area contributed by atoms with E-state index in [0.29, 0.717) is 5.56 Å². The van der Waals surface area contributed by atoms with E-state index >= 15 is 0 Å². The maximum Gasteiger partial charge on any atom is 0.131 e. The summed E-state index contributed by atoms with van der Waals surface area (Å²) in [5.41, 5.74) is 2.94. The molecule has 0 aromatic heterocycles. The second-order valence-corrected chi connectivity index (χ2v) is 5.23. The highest BCUT2D eigenvalue weighted by Crippen LogP contribution is 2.24. The molecule has 2 aromatic rings. The largest absolute Gasteiger partial charge is 0.508 e. The van der Waals surface area contributed by atoms with Crippen LogP contribution in [0.25, 0.3) is 0 Å². The summed E-state index contributed by atoms with van der Waals surface area (Å²) in [5.74, 6) is -0.438. The molecule has 20 heavy (non-hydrogen) atoms. The third-order valence-corrected chi connectivity index (χ3v) is 3.49. The highest BCUT2D eigenvalue weighted by Gasteiger charge is 2.14. The molecule has 2 aromatic carbocycles. The molecule has 0 saturated carbocycles. The van der Waals surface area contributed by atoms with E-state index in [2.05, 4.69) is 37.4 Å². The van der Waals surface area contributed by atoms with Crippen molar-refractivity contribution in [1.82, 2.24) is 5.32 Å². The predicted octanol–water partition coefficient (Wildman–Crippen LogP) is 4.25. The normalized spacial score (nSPS) is 14.0. The van der Waals surface area contributed by atoms with Crippen LogP contribution in [0, 0.1) is 12.7 Å². The standard InChI is InChI=1S/C17H20FNO/c1-11-5-4-6-14(9-11)12(2)19-13(3)16-8-7-15(20)10-17(16)18/h4-10,12-13,19-20H,1-3H3/t12-,13?/m0/s1. The molecule has 0 fully saturated rings. The van der Waals surface area contributed by atoms with Gasteiger partial charge in [0.15, 0.2) is 0 Å². The molecule has 2 atom stereocenters. The van der Waals surface area contributed by atoms with Gasteiger partial charge >= 0.3 is 0 Å². The molecule has 3 heteroatoms. The van der Waals surface area contributed by atoms with Crippen molar-refractivity contribution >= 4 is 0 Å². The summed E-state index contributed by atoms with van der Waals surface area (Å²) < 4.78 is 13.8. The third kappa shape index (κ3) is 3.36. The lowest BCUT2D eigenvalue weighted by Gasteiger charge is -2.21. The number of hydrogen-bond donors (Lipinski definition) is 2. The van der Waals surface area contributed by atoms with Gasteiger partial charge in [-0.15, -0.1) is 0 Å². The maximum atomic E-state index is 13.8.